The molecule has 1 N–H and O–H groups in total. The highest BCUT2D eigenvalue weighted by Gasteiger charge is 2.20. The Labute approximate surface area is 129 Å². The standard InChI is InChI=1S/C14H11ClFNO3S/c1-8(20-14(19)9-4-5-21-7-9)13(18)17-12-3-2-10(15)6-11(12)16/h2-8H,1H3,(H,17,18)/t8-/m0/s1. The summed E-state index contributed by atoms with van der Waals surface area (Å²) in [4.78, 5) is 23.6. The highest BCUT2D eigenvalue weighted by atomic mass is 35.5. The molecule has 0 saturated carbocycles. The molecule has 110 valence electrons. The van der Waals surface area contributed by atoms with Crippen molar-refractivity contribution in [2.24, 2.45) is 0 Å². The van der Waals surface area contributed by atoms with E-state index < -0.39 is 23.8 Å². The fourth-order valence-electron chi connectivity index (χ4n) is 1.49. The van der Waals surface area contributed by atoms with E-state index in [1.165, 1.54) is 30.4 Å². The Hall–Kier alpha value is -1.92. The highest BCUT2D eigenvalue weighted by Crippen LogP contribution is 2.19. The normalized spacial score (nSPS) is 11.8. The molecule has 0 aliphatic carbocycles. The lowest BCUT2D eigenvalue weighted by Crippen LogP contribution is -2.30. The number of rotatable bonds is 4. The van der Waals surface area contributed by atoms with Crippen molar-refractivity contribution in [3.8, 4) is 0 Å². The number of carbonyl (C=O) groups is 2. The first-order valence-electron chi connectivity index (χ1n) is 5.96. The second-order valence-corrected chi connectivity index (χ2v) is 5.39. The van der Waals surface area contributed by atoms with Crippen molar-refractivity contribution in [2.45, 2.75) is 13.0 Å². The summed E-state index contributed by atoms with van der Waals surface area (Å²) in [7, 11) is 0. The summed E-state index contributed by atoms with van der Waals surface area (Å²) in [5.74, 6) is -1.89. The Kier molecular flexibility index (Phi) is 4.93. The largest absolute Gasteiger partial charge is 0.449 e. The molecule has 0 radical (unpaired) electrons. The molecule has 1 heterocycles. The van der Waals surface area contributed by atoms with Crippen molar-refractivity contribution in [3.05, 3.63) is 51.4 Å². The minimum Gasteiger partial charge on any atom is -0.449 e. The summed E-state index contributed by atoms with van der Waals surface area (Å²) in [5, 5.41) is 5.91. The Morgan fingerprint density at radius 2 is 2.14 bits per heavy atom. The van der Waals surface area contributed by atoms with Crippen LogP contribution < -0.4 is 5.32 Å². The van der Waals surface area contributed by atoms with Crippen molar-refractivity contribution >= 4 is 40.5 Å². The Morgan fingerprint density at radius 1 is 1.38 bits per heavy atom. The van der Waals surface area contributed by atoms with E-state index in [0.29, 0.717) is 5.56 Å². The summed E-state index contributed by atoms with van der Waals surface area (Å²) in [5.41, 5.74) is 0.347. The van der Waals surface area contributed by atoms with Gasteiger partial charge in [0.05, 0.1) is 11.3 Å². The van der Waals surface area contributed by atoms with Crippen LogP contribution in [0.25, 0.3) is 0 Å². The van der Waals surface area contributed by atoms with Gasteiger partial charge in [-0.05, 0) is 36.6 Å². The molecule has 0 spiro atoms. The predicted octanol–water partition coefficient (Wildman–Crippen LogP) is 3.72. The molecular formula is C14H11ClFNO3S. The maximum atomic E-state index is 13.6. The van der Waals surface area contributed by atoms with Crippen molar-refractivity contribution in [3.63, 3.8) is 0 Å². The number of hydrogen-bond donors (Lipinski definition) is 1. The van der Waals surface area contributed by atoms with Gasteiger partial charge in [-0.1, -0.05) is 11.6 Å². The molecule has 2 rings (SSSR count). The molecule has 1 atom stereocenters. The van der Waals surface area contributed by atoms with Gasteiger partial charge in [0.25, 0.3) is 5.91 Å². The van der Waals surface area contributed by atoms with Crippen LogP contribution in [0.4, 0.5) is 10.1 Å². The van der Waals surface area contributed by atoms with Crippen LogP contribution in [0.3, 0.4) is 0 Å². The third-order valence-corrected chi connectivity index (χ3v) is 3.52. The molecule has 0 aliphatic rings. The molecule has 0 aliphatic heterocycles. The van der Waals surface area contributed by atoms with E-state index in [-0.39, 0.29) is 10.7 Å². The van der Waals surface area contributed by atoms with E-state index in [1.54, 1.807) is 16.8 Å². The quantitative estimate of drug-likeness (QED) is 0.871. The van der Waals surface area contributed by atoms with Crippen LogP contribution in [-0.4, -0.2) is 18.0 Å². The first-order valence-corrected chi connectivity index (χ1v) is 7.28. The second-order valence-electron chi connectivity index (χ2n) is 4.17. The average molecular weight is 328 g/mol. The first-order chi connectivity index (χ1) is 9.97. The van der Waals surface area contributed by atoms with Gasteiger partial charge in [-0.3, -0.25) is 4.79 Å². The lowest BCUT2D eigenvalue weighted by Gasteiger charge is -2.13. The Morgan fingerprint density at radius 3 is 2.76 bits per heavy atom. The molecule has 21 heavy (non-hydrogen) atoms. The first kappa shape index (κ1) is 15.5. The van der Waals surface area contributed by atoms with Gasteiger partial charge < -0.3 is 10.1 Å². The molecule has 0 unspecified atom stereocenters. The van der Waals surface area contributed by atoms with E-state index in [0.717, 1.165) is 6.07 Å². The minimum atomic E-state index is -1.05. The van der Waals surface area contributed by atoms with Gasteiger partial charge in [0.2, 0.25) is 0 Å². The maximum Gasteiger partial charge on any atom is 0.339 e. The summed E-state index contributed by atoms with van der Waals surface area (Å²) >= 11 is 6.97. The zero-order valence-electron chi connectivity index (χ0n) is 10.9. The fraction of sp³-hybridized carbons (Fsp3) is 0.143. The predicted molar refractivity (Wildman–Crippen MR) is 79.2 cm³/mol. The fourth-order valence-corrected chi connectivity index (χ4v) is 2.27. The van der Waals surface area contributed by atoms with E-state index >= 15 is 0 Å². The van der Waals surface area contributed by atoms with Crippen molar-refractivity contribution in [1.29, 1.82) is 0 Å². The Balaban J connectivity index is 1.98. The van der Waals surface area contributed by atoms with Crippen molar-refractivity contribution in [1.82, 2.24) is 0 Å². The molecule has 4 nitrogen and oxygen atoms in total. The molecule has 2 aromatic rings. The molecule has 1 aromatic carbocycles. The molecule has 1 amide bonds. The third-order valence-electron chi connectivity index (χ3n) is 2.60. The molecule has 0 saturated heterocycles. The van der Waals surface area contributed by atoms with Crippen LogP contribution in [0.1, 0.15) is 17.3 Å². The lowest BCUT2D eigenvalue weighted by molar-refractivity contribution is -0.123. The highest BCUT2D eigenvalue weighted by molar-refractivity contribution is 7.08. The smallest absolute Gasteiger partial charge is 0.339 e. The molecule has 0 fully saturated rings. The number of amides is 1. The number of benzene rings is 1. The topological polar surface area (TPSA) is 55.4 Å². The second kappa shape index (κ2) is 6.69. The zero-order chi connectivity index (χ0) is 15.4. The Bertz CT molecular complexity index is 660. The number of carbonyl (C=O) groups excluding carboxylic acids is 2. The number of esters is 1. The minimum absolute atomic E-state index is 0.0252. The van der Waals surface area contributed by atoms with Crippen molar-refractivity contribution < 1.29 is 18.7 Å². The zero-order valence-corrected chi connectivity index (χ0v) is 12.5. The number of anilines is 1. The molecule has 1 aromatic heterocycles. The van der Waals surface area contributed by atoms with Crippen LogP contribution in [0, 0.1) is 5.82 Å². The van der Waals surface area contributed by atoms with Gasteiger partial charge in [-0.2, -0.15) is 11.3 Å². The van der Waals surface area contributed by atoms with Crippen LogP contribution in [-0.2, 0) is 9.53 Å². The van der Waals surface area contributed by atoms with Gasteiger partial charge >= 0.3 is 5.97 Å². The molecular weight excluding hydrogens is 317 g/mol. The third kappa shape index (κ3) is 4.03. The van der Waals surface area contributed by atoms with E-state index in [2.05, 4.69) is 5.32 Å². The number of hydrogen-bond acceptors (Lipinski definition) is 4. The SMILES string of the molecule is C[C@H](OC(=O)c1ccsc1)C(=O)Nc1ccc(Cl)cc1F. The lowest BCUT2D eigenvalue weighted by atomic mass is 10.2. The van der Waals surface area contributed by atoms with Gasteiger partial charge in [-0.25, -0.2) is 9.18 Å². The monoisotopic (exact) mass is 327 g/mol. The maximum absolute atomic E-state index is 13.6. The number of halogens is 2. The van der Waals surface area contributed by atoms with Gasteiger partial charge in [0, 0.05) is 10.4 Å². The van der Waals surface area contributed by atoms with Crippen LogP contribution in [0.2, 0.25) is 5.02 Å². The summed E-state index contributed by atoms with van der Waals surface area (Å²) in [6.07, 6.45) is -1.05. The summed E-state index contributed by atoms with van der Waals surface area (Å²) in [6, 6.07) is 5.46. The van der Waals surface area contributed by atoms with Crippen LogP contribution in [0.5, 0.6) is 0 Å². The number of thiophene rings is 1. The molecule has 0 bridgehead atoms. The van der Waals surface area contributed by atoms with E-state index in [9.17, 15) is 14.0 Å². The number of ether oxygens (including phenoxy) is 1. The number of nitrogens with one attached hydrogen (secondary N) is 1. The van der Waals surface area contributed by atoms with Gasteiger partial charge in [0.1, 0.15) is 5.82 Å². The van der Waals surface area contributed by atoms with E-state index in [1.807, 2.05) is 0 Å². The van der Waals surface area contributed by atoms with Gasteiger partial charge in [0.15, 0.2) is 6.10 Å². The van der Waals surface area contributed by atoms with Gasteiger partial charge in [-0.15, -0.1) is 0 Å². The summed E-state index contributed by atoms with van der Waals surface area (Å²) < 4.78 is 18.6. The van der Waals surface area contributed by atoms with E-state index in [4.69, 9.17) is 16.3 Å². The molecule has 7 heteroatoms. The van der Waals surface area contributed by atoms with Crippen LogP contribution >= 0.6 is 22.9 Å². The summed E-state index contributed by atoms with van der Waals surface area (Å²) in [6.45, 7) is 1.41. The average Bonchev–Trinajstić information content (AvgIpc) is 2.95. The van der Waals surface area contributed by atoms with Crippen molar-refractivity contribution in [2.75, 3.05) is 5.32 Å². The van der Waals surface area contributed by atoms with Crippen LogP contribution in [0.15, 0.2) is 35.0 Å².